The van der Waals surface area contributed by atoms with E-state index in [2.05, 4.69) is 15.2 Å². The number of nitrogens with zero attached hydrogens (tertiary/aromatic N) is 4. The van der Waals surface area contributed by atoms with Gasteiger partial charge in [0.2, 0.25) is 5.88 Å². The van der Waals surface area contributed by atoms with Crippen LogP contribution in [-0.2, 0) is 11.3 Å². The molecule has 0 amide bonds. The molecular weight excluding hydrogens is 531 g/mol. The highest BCUT2D eigenvalue weighted by atomic mass is 127. The number of piperazine rings is 1. The van der Waals surface area contributed by atoms with E-state index >= 15 is 0 Å². The van der Waals surface area contributed by atoms with E-state index in [-0.39, 0.29) is 24.0 Å². The minimum Gasteiger partial charge on any atom is -0.475 e. The zero-order valence-electron chi connectivity index (χ0n) is 18.4. The molecule has 176 valence electrons. The Morgan fingerprint density at radius 1 is 1.16 bits per heavy atom. The lowest BCUT2D eigenvalue weighted by Gasteiger charge is -2.37. The summed E-state index contributed by atoms with van der Waals surface area (Å²) in [7, 11) is 1.62. The summed E-state index contributed by atoms with van der Waals surface area (Å²) in [6.45, 7) is 6.49. The van der Waals surface area contributed by atoms with Crippen molar-refractivity contribution in [1.29, 1.82) is 0 Å². The molecule has 10 heteroatoms. The summed E-state index contributed by atoms with van der Waals surface area (Å²) in [5.74, 6) is 0.473. The van der Waals surface area contributed by atoms with Gasteiger partial charge in [0, 0.05) is 57.7 Å². The molecule has 0 radical (unpaired) electrons. The number of benzene rings is 1. The first-order valence-electron chi connectivity index (χ1n) is 10.4. The van der Waals surface area contributed by atoms with Crippen LogP contribution < -0.4 is 15.0 Å². The molecule has 0 bridgehead atoms. The Balaban J connectivity index is 0.00000363. The molecule has 1 aromatic heterocycles. The molecule has 2 aromatic rings. The van der Waals surface area contributed by atoms with Crippen LogP contribution in [0.3, 0.4) is 0 Å². The number of hydrogen-bond donors (Lipinski definition) is 1. The highest BCUT2D eigenvalue weighted by molar-refractivity contribution is 14.0. The van der Waals surface area contributed by atoms with Crippen molar-refractivity contribution in [3.63, 3.8) is 0 Å². The number of nitrogens with one attached hydrogen (secondary N) is 1. The molecule has 1 N–H and O–H groups in total. The molecule has 1 aliphatic heterocycles. The van der Waals surface area contributed by atoms with E-state index < -0.39 is 11.6 Å². The summed E-state index contributed by atoms with van der Waals surface area (Å²) in [5.41, 5.74) is 1.18. The van der Waals surface area contributed by atoms with Crippen LogP contribution in [0, 0.1) is 11.6 Å². The second-order valence-corrected chi connectivity index (χ2v) is 7.05. The minimum absolute atomic E-state index is 0. The predicted octanol–water partition coefficient (Wildman–Crippen LogP) is 3.29. The summed E-state index contributed by atoms with van der Waals surface area (Å²) < 4.78 is 38.4. The number of ether oxygens (including phenoxy) is 2. The Morgan fingerprint density at radius 3 is 2.66 bits per heavy atom. The first kappa shape index (κ1) is 26.0. The van der Waals surface area contributed by atoms with Crippen molar-refractivity contribution in [3.05, 3.63) is 53.7 Å². The monoisotopic (exact) mass is 561 g/mol. The molecule has 0 atom stereocenters. The third kappa shape index (κ3) is 7.16. The van der Waals surface area contributed by atoms with E-state index in [1.54, 1.807) is 13.3 Å². The number of aromatic nitrogens is 1. The maximum absolute atomic E-state index is 14.1. The number of aliphatic imine (C=N–C) groups is 1. The highest BCUT2D eigenvalue weighted by Gasteiger charge is 2.22. The summed E-state index contributed by atoms with van der Waals surface area (Å²) >= 11 is 0. The molecular formula is C22H30F2IN5O2. The van der Waals surface area contributed by atoms with Crippen LogP contribution in [0.4, 0.5) is 14.5 Å². The second kappa shape index (κ2) is 13.4. The molecule has 1 saturated heterocycles. The predicted molar refractivity (Wildman–Crippen MR) is 132 cm³/mol. The van der Waals surface area contributed by atoms with Crippen LogP contribution in [-0.4, -0.2) is 68.9 Å². The number of pyridine rings is 1. The fourth-order valence-corrected chi connectivity index (χ4v) is 3.37. The van der Waals surface area contributed by atoms with E-state index in [0.717, 1.165) is 24.1 Å². The summed E-state index contributed by atoms with van der Waals surface area (Å²) in [6.07, 6.45) is 1.69. The quantitative estimate of drug-likeness (QED) is 0.231. The van der Waals surface area contributed by atoms with Crippen molar-refractivity contribution in [2.75, 3.05) is 57.9 Å². The van der Waals surface area contributed by atoms with Gasteiger partial charge in [-0.1, -0.05) is 6.07 Å². The van der Waals surface area contributed by atoms with Gasteiger partial charge in [0.1, 0.15) is 18.2 Å². The molecule has 1 fully saturated rings. The maximum Gasteiger partial charge on any atom is 0.218 e. The van der Waals surface area contributed by atoms with Gasteiger partial charge in [-0.3, -0.25) is 0 Å². The number of guanidine groups is 1. The van der Waals surface area contributed by atoms with E-state index in [9.17, 15) is 8.78 Å². The maximum atomic E-state index is 14.1. The molecule has 32 heavy (non-hydrogen) atoms. The smallest absolute Gasteiger partial charge is 0.218 e. The van der Waals surface area contributed by atoms with E-state index in [1.807, 2.05) is 24.0 Å². The van der Waals surface area contributed by atoms with E-state index in [0.29, 0.717) is 57.5 Å². The van der Waals surface area contributed by atoms with Crippen molar-refractivity contribution in [3.8, 4) is 5.88 Å². The topological polar surface area (TPSA) is 62.2 Å². The molecule has 3 rings (SSSR count). The SMILES string of the molecule is CCNC(=NCc1cccnc1OCCOC)N1CCN(c2cc(F)ccc2F)CC1.I. The Hall–Kier alpha value is -2.21. The summed E-state index contributed by atoms with van der Waals surface area (Å²) in [6, 6.07) is 7.34. The van der Waals surface area contributed by atoms with Crippen LogP contribution in [0.15, 0.2) is 41.5 Å². The second-order valence-electron chi connectivity index (χ2n) is 7.05. The first-order valence-corrected chi connectivity index (χ1v) is 10.4. The van der Waals surface area contributed by atoms with Crippen LogP contribution in [0.5, 0.6) is 5.88 Å². The average Bonchev–Trinajstić information content (AvgIpc) is 2.79. The number of halogens is 3. The van der Waals surface area contributed by atoms with Crippen LogP contribution >= 0.6 is 24.0 Å². The molecule has 7 nitrogen and oxygen atoms in total. The molecule has 1 aromatic carbocycles. The third-order valence-electron chi connectivity index (χ3n) is 4.94. The first-order chi connectivity index (χ1) is 15.1. The van der Waals surface area contributed by atoms with Crippen molar-refractivity contribution >= 4 is 35.6 Å². The Morgan fingerprint density at radius 2 is 1.94 bits per heavy atom. The molecule has 1 aliphatic rings. The molecule has 0 spiro atoms. The Bertz CT molecular complexity index is 879. The van der Waals surface area contributed by atoms with Crippen LogP contribution in [0.2, 0.25) is 0 Å². The van der Waals surface area contributed by atoms with E-state index in [1.165, 1.54) is 12.1 Å². The molecule has 0 aliphatic carbocycles. The zero-order chi connectivity index (χ0) is 22.1. The fourth-order valence-electron chi connectivity index (χ4n) is 3.37. The van der Waals surface area contributed by atoms with Crippen molar-refractivity contribution in [2.24, 2.45) is 4.99 Å². The summed E-state index contributed by atoms with van der Waals surface area (Å²) in [4.78, 5) is 13.0. The van der Waals surface area contributed by atoms with E-state index in [4.69, 9.17) is 14.5 Å². The zero-order valence-corrected chi connectivity index (χ0v) is 20.7. The molecule has 0 unspecified atom stereocenters. The largest absolute Gasteiger partial charge is 0.475 e. The Labute approximate surface area is 204 Å². The standard InChI is InChI=1S/C22H29F2N5O2.HI/c1-3-25-22(27-16-17-5-4-8-26-21(17)31-14-13-30-2)29-11-9-28(10-12-29)20-15-18(23)6-7-19(20)24;/h4-8,15H,3,9-14,16H2,1-2H3,(H,25,27);1H. The molecule has 2 heterocycles. The minimum atomic E-state index is -0.436. The fraction of sp³-hybridized carbons (Fsp3) is 0.455. The normalized spacial score (nSPS) is 14.2. The van der Waals surface area contributed by atoms with Crippen LogP contribution in [0.1, 0.15) is 12.5 Å². The van der Waals surface area contributed by atoms with Gasteiger partial charge in [0.25, 0.3) is 0 Å². The number of anilines is 1. The lowest BCUT2D eigenvalue weighted by molar-refractivity contribution is 0.143. The molecule has 0 saturated carbocycles. The van der Waals surface area contributed by atoms with Crippen molar-refractivity contribution in [2.45, 2.75) is 13.5 Å². The van der Waals surface area contributed by atoms with Gasteiger partial charge < -0.3 is 24.6 Å². The third-order valence-corrected chi connectivity index (χ3v) is 4.94. The average molecular weight is 561 g/mol. The lowest BCUT2D eigenvalue weighted by atomic mass is 10.2. The van der Waals surface area contributed by atoms with Gasteiger partial charge in [-0.05, 0) is 25.1 Å². The van der Waals surface area contributed by atoms with Crippen LogP contribution in [0.25, 0.3) is 0 Å². The van der Waals surface area contributed by atoms with Crippen molar-refractivity contribution in [1.82, 2.24) is 15.2 Å². The van der Waals surface area contributed by atoms with Gasteiger partial charge in [-0.2, -0.15) is 0 Å². The van der Waals surface area contributed by atoms with Gasteiger partial charge in [0.05, 0.1) is 18.8 Å². The van der Waals surface area contributed by atoms with Gasteiger partial charge >= 0.3 is 0 Å². The lowest BCUT2D eigenvalue weighted by Crippen LogP contribution is -2.52. The number of hydrogen-bond acceptors (Lipinski definition) is 5. The van der Waals surface area contributed by atoms with Gasteiger partial charge in [0.15, 0.2) is 5.96 Å². The van der Waals surface area contributed by atoms with Gasteiger partial charge in [-0.25, -0.2) is 18.8 Å². The van der Waals surface area contributed by atoms with Gasteiger partial charge in [-0.15, -0.1) is 24.0 Å². The van der Waals surface area contributed by atoms with Crippen molar-refractivity contribution < 1.29 is 18.3 Å². The highest BCUT2D eigenvalue weighted by Crippen LogP contribution is 2.22. The Kier molecular flexibility index (Phi) is 10.9. The summed E-state index contributed by atoms with van der Waals surface area (Å²) in [5, 5.41) is 3.31. The number of rotatable bonds is 8. The number of methoxy groups -OCH3 is 1.